The monoisotopic (exact) mass is 700 g/mol. The molecule has 6 heterocycles. The highest BCUT2D eigenvalue weighted by Gasteiger charge is 2.19. The van der Waals surface area contributed by atoms with Crippen molar-refractivity contribution in [1.29, 1.82) is 10.5 Å². The molecule has 0 unspecified atom stereocenters. The van der Waals surface area contributed by atoms with E-state index in [1.807, 2.05) is 23.8 Å². The van der Waals surface area contributed by atoms with Gasteiger partial charge in [0, 0.05) is 31.1 Å². The minimum Gasteiger partial charge on any atom is -0.332 e. The molecule has 0 spiro atoms. The van der Waals surface area contributed by atoms with E-state index in [1.54, 1.807) is 53.4 Å². The topological polar surface area (TPSA) is 144 Å². The Morgan fingerprint density at radius 3 is 1.62 bits per heavy atom. The third kappa shape index (κ3) is 6.44. The van der Waals surface area contributed by atoms with E-state index in [9.17, 15) is 22.8 Å². The van der Waals surface area contributed by atoms with Crippen LogP contribution in [0.5, 0.6) is 0 Å². The molecule has 52 heavy (non-hydrogen) atoms. The maximum absolute atomic E-state index is 13.3. The van der Waals surface area contributed by atoms with E-state index in [0.717, 1.165) is 11.3 Å². The molecule has 12 nitrogen and oxygen atoms in total. The maximum Gasteiger partial charge on any atom is 0.240 e. The van der Waals surface area contributed by atoms with Crippen LogP contribution in [0.1, 0.15) is 17.8 Å². The lowest BCUT2D eigenvalue weighted by Gasteiger charge is -2.10. The van der Waals surface area contributed by atoms with Crippen LogP contribution in [-0.2, 0) is 13.6 Å². The fourth-order valence-electron chi connectivity index (χ4n) is 5.58. The van der Waals surface area contributed by atoms with Gasteiger partial charge in [-0.25, -0.2) is 46.5 Å². The average Bonchev–Trinajstić information content (AvgIpc) is 3.95. The van der Waals surface area contributed by atoms with Crippen LogP contribution in [-0.4, -0.2) is 54.7 Å². The van der Waals surface area contributed by atoms with Gasteiger partial charge in [-0.05, 0) is 72.8 Å². The standard InChI is InChI=1S/C19H13F3N6.C17H11FN6/c20-13-3-1-12(2-4-13)18-19(27(11-25-18)8-7-16(21)22)15-5-6-17-24-10-14(9-23)28(17)26-15;1-23-10-21-16(11-2-4-12(18)5-3-11)17(23)14-6-7-15-20-9-13(8-19)24(15)22-14/h1-6,10-11,16H,7-8H2;2-7,9-10H,1H3. The number of nitriles is 2. The second kappa shape index (κ2) is 14.0. The van der Waals surface area contributed by atoms with Crippen LogP contribution in [0, 0.1) is 34.3 Å². The first-order valence-corrected chi connectivity index (χ1v) is 15.6. The number of fused-ring (bicyclic) bond motifs is 2. The molecule has 8 aromatic rings. The summed E-state index contributed by atoms with van der Waals surface area (Å²) in [5.74, 6) is -0.688. The predicted octanol–water partition coefficient (Wildman–Crippen LogP) is 6.73. The molecule has 0 amide bonds. The third-order valence-electron chi connectivity index (χ3n) is 8.04. The Bertz CT molecular complexity index is 2620. The fraction of sp³-hybridized carbons (Fsp3) is 0.111. The molecule has 0 atom stereocenters. The van der Waals surface area contributed by atoms with Gasteiger partial charge in [-0.15, -0.1) is 0 Å². The SMILES string of the molecule is Cn1cnc(-c2ccc(F)cc2)c1-c1ccc2ncc(C#N)n2n1.N#Cc1cnc2ccc(-c3c(-c4ccc(F)cc4)ncn3CCC(F)F)nn12. The van der Waals surface area contributed by atoms with Crippen molar-refractivity contribution in [3.63, 3.8) is 0 Å². The summed E-state index contributed by atoms with van der Waals surface area (Å²) in [6, 6.07) is 22.9. The molecular weight excluding hydrogens is 676 g/mol. The Balaban J connectivity index is 0.000000164. The number of hydrogen-bond acceptors (Lipinski definition) is 8. The normalized spacial score (nSPS) is 11.1. The summed E-state index contributed by atoms with van der Waals surface area (Å²) in [4.78, 5) is 17.0. The van der Waals surface area contributed by atoms with Crippen LogP contribution in [0.25, 0.3) is 56.6 Å². The average molecular weight is 701 g/mol. The number of alkyl halides is 2. The molecule has 0 aliphatic heterocycles. The van der Waals surface area contributed by atoms with Crippen molar-refractivity contribution in [2.75, 3.05) is 0 Å². The number of aromatic nitrogens is 10. The molecule has 256 valence electrons. The van der Waals surface area contributed by atoms with Gasteiger partial charge in [0.2, 0.25) is 6.43 Å². The summed E-state index contributed by atoms with van der Waals surface area (Å²) in [6.45, 7) is 0.0376. The first-order chi connectivity index (χ1) is 25.2. The van der Waals surface area contributed by atoms with E-state index in [2.05, 4.69) is 36.2 Å². The molecule has 0 aliphatic rings. The lowest BCUT2D eigenvalue weighted by molar-refractivity contribution is 0.131. The van der Waals surface area contributed by atoms with Crippen molar-refractivity contribution in [2.24, 2.45) is 7.05 Å². The Kier molecular flexibility index (Phi) is 8.94. The molecule has 0 aliphatic carbocycles. The van der Waals surface area contributed by atoms with E-state index in [1.165, 1.54) is 52.0 Å². The number of aryl methyl sites for hydroxylation is 2. The number of halogens is 4. The zero-order chi connectivity index (χ0) is 36.4. The number of hydrogen-bond donors (Lipinski definition) is 0. The van der Waals surface area contributed by atoms with Crippen molar-refractivity contribution in [3.05, 3.63) is 121 Å². The molecule has 8 rings (SSSR count). The largest absolute Gasteiger partial charge is 0.332 e. The zero-order valence-corrected chi connectivity index (χ0v) is 27.1. The molecule has 0 saturated heterocycles. The fourth-order valence-corrected chi connectivity index (χ4v) is 5.58. The smallest absolute Gasteiger partial charge is 0.240 e. The van der Waals surface area contributed by atoms with Crippen LogP contribution in [0.3, 0.4) is 0 Å². The summed E-state index contributed by atoms with van der Waals surface area (Å²) in [5.41, 5.74) is 6.67. The molecule has 0 N–H and O–H groups in total. The molecule has 16 heteroatoms. The van der Waals surface area contributed by atoms with Crippen LogP contribution < -0.4 is 0 Å². The van der Waals surface area contributed by atoms with Gasteiger partial charge < -0.3 is 9.13 Å². The summed E-state index contributed by atoms with van der Waals surface area (Å²) in [5, 5.41) is 27.3. The van der Waals surface area contributed by atoms with Crippen molar-refractivity contribution in [2.45, 2.75) is 19.4 Å². The minimum absolute atomic E-state index is 0.0376. The molecule has 0 bridgehead atoms. The third-order valence-corrected chi connectivity index (χ3v) is 8.04. The van der Waals surface area contributed by atoms with E-state index >= 15 is 0 Å². The van der Waals surface area contributed by atoms with Crippen molar-refractivity contribution in [3.8, 4) is 57.4 Å². The Morgan fingerprint density at radius 2 is 1.12 bits per heavy atom. The Labute approximate surface area is 292 Å². The second-order valence-electron chi connectivity index (χ2n) is 11.4. The number of nitrogens with zero attached hydrogens (tertiary/aromatic N) is 12. The summed E-state index contributed by atoms with van der Waals surface area (Å²) >= 11 is 0. The van der Waals surface area contributed by atoms with Crippen molar-refractivity contribution < 1.29 is 17.6 Å². The first-order valence-electron chi connectivity index (χ1n) is 15.6. The molecule has 2 aromatic carbocycles. The quantitative estimate of drug-likeness (QED) is 0.167. The van der Waals surface area contributed by atoms with E-state index in [0.29, 0.717) is 51.0 Å². The first kappa shape index (κ1) is 33.3. The number of rotatable bonds is 7. The van der Waals surface area contributed by atoms with Crippen molar-refractivity contribution >= 4 is 11.3 Å². The van der Waals surface area contributed by atoms with Crippen molar-refractivity contribution in [1.82, 2.24) is 48.3 Å². The van der Waals surface area contributed by atoms with Crippen LogP contribution in [0.2, 0.25) is 0 Å². The highest BCUT2D eigenvalue weighted by molar-refractivity contribution is 5.78. The van der Waals surface area contributed by atoms with Gasteiger partial charge in [0.15, 0.2) is 22.7 Å². The van der Waals surface area contributed by atoms with Gasteiger partial charge in [0.1, 0.15) is 35.2 Å². The van der Waals surface area contributed by atoms with Crippen LogP contribution in [0.4, 0.5) is 17.6 Å². The Hall–Kier alpha value is -7.20. The summed E-state index contributed by atoms with van der Waals surface area (Å²) in [7, 11) is 1.86. The highest BCUT2D eigenvalue weighted by atomic mass is 19.3. The second-order valence-corrected chi connectivity index (χ2v) is 11.4. The molecule has 0 radical (unpaired) electrons. The maximum atomic E-state index is 13.3. The zero-order valence-electron chi connectivity index (χ0n) is 27.1. The molecule has 6 aromatic heterocycles. The summed E-state index contributed by atoms with van der Waals surface area (Å²) in [6.07, 6.45) is 3.22. The van der Waals surface area contributed by atoms with Crippen LogP contribution >= 0.6 is 0 Å². The number of imidazole rings is 4. The van der Waals surface area contributed by atoms with E-state index in [-0.39, 0.29) is 30.3 Å². The Morgan fingerprint density at radius 1 is 0.635 bits per heavy atom. The molecular formula is C36H24F4N12. The van der Waals surface area contributed by atoms with Gasteiger partial charge in [-0.3, -0.25) is 0 Å². The van der Waals surface area contributed by atoms with E-state index in [4.69, 9.17) is 5.26 Å². The molecule has 0 saturated carbocycles. The summed E-state index contributed by atoms with van der Waals surface area (Å²) < 4.78 is 58.3. The van der Waals surface area contributed by atoms with Gasteiger partial charge in [-0.1, -0.05) is 0 Å². The lowest BCUT2D eigenvalue weighted by Crippen LogP contribution is -2.06. The van der Waals surface area contributed by atoms with Gasteiger partial charge >= 0.3 is 0 Å². The van der Waals surface area contributed by atoms with E-state index < -0.39 is 6.43 Å². The molecule has 0 fully saturated rings. The lowest BCUT2D eigenvalue weighted by atomic mass is 10.1. The van der Waals surface area contributed by atoms with Gasteiger partial charge in [-0.2, -0.15) is 20.7 Å². The van der Waals surface area contributed by atoms with Crippen LogP contribution in [0.15, 0.2) is 97.8 Å². The number of benzene rings is 2. The highest BCUT2D eigenvalue weighted by Crippen LogP contribution is 2.32. The van der Waals surface area contributed by atoms with Gasteiger partial charge in [0.05, 0.1) is 47.8 Å². The minimum atomic E-state index is -2.46. The predicted molar refractivity (Wildman–Crippen MR) is 180 cm³/mol. The van der Waals surface area contributed by atoms with Gasteiger partial charge in [0.25, 0.3) is 0 Å².